The average Bonchev–Trinajstić information content (AvgIpc) is 3.26. The van der Waals surface area contributed by atoms with E-state index in [1.54, 1.807) is 11.0 Å². The van der Waals surface area contributed by atoms with Gasteiger partial charge in [0, 0.05) is 24.2 Å². The number of rotatable bonds is 8. The Bertz CT molecular complexity index is 1030. The van der Waals surface area contributed by atoms with Crippen LogP contribution >= 0.6 is 0 Å². The van der Waals surface area contributed by atoms with E-state index in [1.165, 1.54) is 6.33 Å². The normalized spacial score (nSPS) is 12.7. The monoisotopic (exact) mass is 405 g/mol. The average molecular weight is 405 g/mol. The van der Waals surface area contributed by atoms with Crippen molar-refractivity contribution in [1.29, 1.82) is 0 Å². The Labute approximate surface area is 174 Å². The zero-order valence-corrected chi connectivity index (χ0v) is 16.5. The molecule has 0 unspecified atom stereocenters. The molecule has 8 nitrogen and oxygen atoms in total. The summed E-state index contributed by atoms with van der Waals surface area (Å²) in [6, 6.07) is 13.3. The van der Waals surface area contributed by atoms with Gasteiger partial charge in [-0.1, -0.05) is 18.2 Å². The SMILES string of the molecule is O=C1CCc2cc(OCCCC(=O)Nc3ccccc3Cn3cncn3)ccc2N1. The molecule has 8 heteroatoms. The summed E-state index contributed by atoms with van der Waals surface area (Å²) in [6.07, 6.45) is 5.30. The molecule has 2 aromatic carbocycles. The number of para-hydroxylation sites is 1. The molecule has 0 atom stereocenters. The van der Waals surface area contributed by atoms with Crippen LogP contribution in [0.1, 0.15) is 30.4 Å². The summed E-state index contributed by atoms with van der Waals surface area (Å²) < 4.78 is 7.49. The summed E-state index contributed by atoms with van der Waals surface area (Å²) in [5.74, 6) is 0.742. The van der Waals surface area contributed by atoms with Crippen LogP contribution in [0.4, 0.5) is 11.4 Å². The highest BCUT2D eigenvalue weighted by atomic mass is 16.5. The molecule has 0 fully saturated rings. The molecule has 0 saturated heterocycles. The van der Waals surface area contributed by atoms with Crippen molar-refractivity contribution in [3.8, 4) is 5.75 Å². The van der Waals surface area contributed by atoms with Gasteiger partial charge in [0.05, 0.1) is 13.2 Å². The third kappa shape index (κ3) is 5.02. The van der Waals surface area contributed by atoms with Gasteiger partial charge < -0.3 is 15.4 Å². The van der Waals surface area contributed by atoms with Gasteiger partial charge in [-0.15, -0.1) is 0 Å². The second-order valence-electron chi connectivity index (χ2n) is 7.12. The van der Waals surface area contributed by atoms with Gasteiger partial charge in [0.2, 0.25) is 11.8 Å². The first kappa shape index (κ1) is 19.6. The van der Waals surface area contributed by atoms with Gasteiger partial charge in [-0.2, -0.15) is 5.10 Å². The maximum absolute atomic E-state index is 12.4. The Hall–Kier alpha value is -3.68. The first-order valence-electron chi connectivity index (χ1n) is 9.93. The van der Waals surface area contributed by atoms with Crippen LogP contribution in [0.5, 0.6) is 5.75 Å². The van der Waals surface area contributed by atoms with Crippen molar-refractivity contribution in [2.45, 2.75) is 32.2 Å². The summed E-state index contributed by atoms with van der Waals surface area (Å²) in [4.78, 5) is 27.7. The zero-order valence-electron chi connectivity index (χ0n) is 16.5. The lowest BCUT2D eigenvalue weighted by Crippen LogP contribution is -2.18. The molecular weight excluding hydrogens is 382 g/mol. The molecule has 2 amide bonds. The third-order valence-corrected chi connectivity index (χ3v) is 4.88. The van der Waals surface area contributed by atoms with Crippen molar-refractivity contribution < 1.29 is 14.3 Å². The van der Waals surface area contributed by atoms with E-state index in [9.17, 15) is 9.59 Å². The molecule has 1 aliphatic heterocycles. The molecule has 0 aliphatic carbocycles. The number of hydrogen-bond donors (Lipinski definition) is 2. The van der Waals surface area contributed by atoms with E-state index in [4.69, 9.17) is 4.74 Å². The Kier molecular flexibility index (Phi) is 6.03. The van der Waals surface area contributed by atoms with E-state index in [1.807, 2.05) is 42.5 Å². The molecule has 2 heterocycles. The lowest BCUT2D eigenvalue weighted by Gasteiger charge is -2.17. The summed E-state index contributed by atoms with van der Waals surface area (Å²) >= 11 is 0. The van der Waals surface area contributed by atoms with E-state index >= 15 is 0 Å². The Morgan fingerprint density at radius 1 is 1.20 bits per heavy atom. The number of nitrogens with zero attached hydrogens (tertiary/aromatic N) is 3. The number of benzene rings is 2. The maximum atomic E-state index is 12.4. The van der Waals surface area contributed by atoms with Crippen LogP contribution in [0, 0.1) is 0 Å². The van der Waals surface area contributed by atoms with Crippen molar-refractivity contribution in [3.05, 3.63) is 66.2 Å². The summed E-state index contributed by atoms with van der Waals surface area (Å²) in [5.41, 5.74) is 3.67. The summed E-state index contributed by atoms with van der Waals surface area (Å²) in [7, 11) is 0. The predicted molar refractivity (Wildman–Crippen MR) is 112 cm³/mol. The number of nitrogens with one attached hydrogen (secondary N) is 2. The third-order valence-electron chi connectivity index (χ3n) is 4.88. The second-order valence-corrected chi connectivity index (χ2v) is 7.12. The fourth-order valence-corrected chi connectivity index (χ4v) is 3.35. The lowest BCUT2D eigenvalue weighted by molar-refractivity contribution is -0.117. The molecule has 0 radical (unpaired) electrons. The largest absolute Gasteiger partial charge is 0.494 e. The first-order chi connectivity index (χ1) is 14.7. The van der Waals surface area contributed by atoms with Crippen LogP contribution in [0.15, 0.2) is 55.1 Å². The lowest BCUT2D eigenvalue weighted by atomic mass is 10.0. The van der Waals surface area contributed by atoms with Crippen LogP contribution in [0.3, 0.4) is 0 Å². The number of aromatic nitrogens is 3. The van der Waals surface area contributed by atoms with Crippen molar-refractivity contribution in [3.63, 3.8) is 0 Å². The summed E-state index contributed by atoms with van der Waals surface area (Å²) in [5, 5.41) is 9.93. The standard InChI is InChI=1S/C22H23N5O3/c28-21(25-19-5-2-1-4-17(19)13-27-15-23-14-24-27)6-3-11-30-18-8-9-20-16(12-18)7-10-22(29)26-20/h1-2,4-5,8-9,12,14-15H,3,6-7,10-11,13H2,(H,25,28)(H,26,29). The number of anilines is 2. The fraction of sp³-hybridized carbons (Fsp3) is 0.273. The van der Waals surface area contributed by atoms with E-state index < -0.39 is 0 Å². The quantitative estimate of drug-likeness (QED) is 0.562. The minimum Gasteiger partial charge on any atom is -0.494 e. The van der Waals surface area contributed by atoms with Crippen LogP contribution in [0.2, 0.25) is 0 Å². The van der Waals surface area contributed by atoms with E-state index in [0.29, 0.717) is 32.4 Å². The van der Waals surface area contributed by atoms with E-state index in [0.717, 1.165) is 34.7 Å². The number of ether oxygens (including phenoxy) is 1. The van der Waals surface area contributed by atoms with E-state index in [2.05, 4.69) is 20.7 Å². The molecule has 0 spiro atoms. The topological polar surface area (TPSA) is 98.1 Å². The van der Waals surface area contributed by atoms with Gasteiger partial charge >= 0.3 is 0 Å². The van der Waals surface area contributed by atoms with E-state index in [-0.39, 0.29) is 11.8 Å². The highest BCUT2D eigenvalue weighted by Gasteiger charge is 2.15. The molecule has 0 saturated carbocycles. The minimum absolute atomic E-state index is 0.0463. The van der Waals surface area contributed by atoms with Crippen molar-refractivity contribution in [2.24, 2.45) is 0 Å². The Balaban J connectivity index is 1.25. The molecule has 4 rings (SSSR count). The number of fused-ring (bicyclic) bond motifs is 1. The van der Waals surface area contributed by atoms with Gasteiger partial charge in [-0.3, -0.25) is 9.59 Å². The summed E-state index contributed by atoms with van der Waals surface area (Å²) in [6.45, 7) is 0.984. The molecule has 3 aromatic rings. The van der Waals surface area contributed by atoms with Crippen molar-refractivity contribution in [2.75, 3.05) is 17.2 Å². The number of carbonyl (C=O) groups is 2. The number of amides is 2. The van der Waals surface area contributed by atoms with Crippen molar-refractivity contribution in [1.82, 2.24) is 14.8 Å². The number of aryl methyl sites for hydroxylation is 1. The molecule has 30 heavy (non-hydrogen) atoms. The fourth-order valence-electron chi connectivity index (χ4n) is 3.35. The van der Waals surface area contributed by atoms with Gasteiger partial charge in [0.25, 0.3) is 0 Å². The van der Waals surface area contributed by atoms with Crippen LogP contribution < -0.4 is 15.4 Å². The van der Waals surface area contributed by atoms with Crippen LogP contribution in [-0.2, 0) is 22.6 Å². The number of carbonyl (C=O) groups excluding carboxylic acids is 2. The maximum Gasteiger partial charge on any atom is 0.224 e. The molecular formula is C22H23N5O3. The Morgan fingerprint density at radius 3 is 2.97 bits per heavy atom. The van der Waals surface area contributed by atoms with Gasteiger partial charge in [0.15, 0.2) is 0 Å². The zero-order chi connectivity index (χ0) is 20.8. The highest BCUT2D eigenvalue weighted by molar-refractivity contribution is 5.94. The Morgan fingerprint density at radius 2 is 2.10 bits per heavy atom. The predicted octanol–water partition coefficient (Wildman–Crippen LogP) is 3.01. The minimum atomic E-state index is -0.0576. The van der Waals surface area contributed by atoms with Gasteiger partial charge in [-0.25, -0.2) is 9.67 Å². The van der Waals surface area contributed by atoms with Crippen molar-refractivity contribution >= 4 is 23.2 Å². The van der Waals surface area contributed by atoms with Crippen LogP contribution in [-0.4, -0.2) is 33.2 Å². The molecule has 1 aromatic heterocycles. The first-order valence-corrected chi connectivity index (χ1v) is 9.93. The molecule has 154 valence electrons. The molecule has 2 N–H and O–H groups in total. The highest BCUT2D eigenvalue weighted by Crippen LogP contribution is 2.27. The van der Waals surface area contributed by atoms with Gasteiger partial charge in [-0.05, 0) is 48.2 Å². The second kappa shape index (κ2) is 9.21. The van der Waals surface area contributed by atoms with Gasteiger partial charge in [0.1, 0.15) is 18.4 Å². The molecule has 0 bridgehead atoms. The van der Waals surface area contributed by atoms with Crippen LogP contribution in [0.25, 0.3) is 0 Å². The smallest absolute Gasteiger partial charge is 0.224 e. The molecule has 1 aliphatic rings. The number of hydrogen-bond acceptors (Lipinski definition) is 5.